The van der Waals surface area contributed by atoms with Gasteiger partial charge in [-0.25, -0.2) is 9.97 Å². The number of aromatic nitrogens is 2. The highest BCUT2D eigenvalue weighted by Gasteiger charge is 2.24. The zero-order valence-corrected chi connectivity index (χ0v) is 12.1. The van der Waals surface area contributed by atoms with Crippen molar-refractivity contribution in [2.45, 2.75) is 65.1 Å². The molecule has 0 aromatic carbocycles. The molecular weight excluding hydrogens is 240 g/mol. The number of aliphatic hydroxyl groups is 1. The SMILES string of the molecule is CC(C)c1ncc(OC2CCCCC2C)c(CO)n1. The van der Waals surface area contributed by atoms with E-state index < -0.39 is 0 Å². The van der Waals surface area contributed by atoms with Gasteiger partial charge in [0, 0.05) is 5.92 Å². The van der Waals surface area contributed by atoms with Crippen molar-refractivity contribution in [3.05, 3.63) is 17.7 Å². The first-order valence-electron chi connectivity index (χ1n) is 7.25. The summed E-state index contributed by atoms with van der Waals surface area (Å²) in [5, 5.41) is 9.45. The molecule has 1 heterocycles. The third-order valence-corrected chi connectivity index (χ3v) is 3.83. The van der Waals surface area contributed by atoms with Crippen LogP contribution in [-0.4, -0.2) is 21.2 Å². The summed E-state index contributed by atoms with van der Waals surface area (Å²) >= 11 is 0. The van der Waals surface area contributed by atoms with Crippen LogP contribution in [0.4, 0.5) is 0 Å². The minimum absolute atomic E-state index is 0.0985. The zero-order valence-electron chi connectivity index (χ0n) is 12.1. The lowest BCUT2D eigenvalue weighted by Crippen LogP contribution is -2.29. The van der Waals surface area contributed by atoms with Crippen molar-refractivity contribution < 1.29 is 9.84 Å². The second-order valence-corrected chi connectivity index (χ2v) is 5.77. The van der Waals surface area contributed by atoms with E-state index in [9.17, 15) is 5.11 Å². The maximum absolute atomic E-state index is 9.45. The summed E-state index contributed by atoms with van der Waals surface area (Å²) in [6.07, 6.45) is 6.75. The number of hydrogen-bond acceptors (Lipinski definition) is 4. The van der Waals surface area contributed by atoms with Gasteiger partial charge in [0.2, 0.25) is 0 Å². The number of rotatable bonds is 4. The molecule has 0 bridgehead atoms. The molecule has 1 fully saturated rings. The maximum Gasteiger partial charge on any atom is 0.161 e. The van der Waals surface area contributed by atoms with E-state index in [-0.39, 0.29) is 18.6 Å². The van der Waals surface area contributed by atoms with E-state index in [0.29, 0.717) is 17.4 Å². The summed E-state index contributed by atoms with van der Waals surface area (Å²) in [7, 11) is 0. The van der Waals surface area contributed by atoms with E-state index in [1.165, 1.54) is 19.3 Å². The van der Waals surface area contributed by atoms with E-state index in [4.69, 9.17) is 4.74 Å². The largest absolute Gasteiger partial charge is 0.487 e. The number of hydrogen-bond donors (Lipinski definition) is 1. The van der Waals surface area contributed by atoms with Gasteiger partial charge in [-0.1, -0.05) is 27.2 Å². The quantitative estimate of drug-likeness (QED) is 0.908. The fourth-order valence-electron chi connectivity index (χ4n) is 2.53. The number of ether oxygens (including phenoxy) is 1. The number of aliphatic hydroxyl groups excluding tert-OH is 1. The second kappa shape index (κ2) is 6.33. The first-order chi connectivity index (χ1) is 9.11. The van der Waals surface area contributed by atoms with Gasteiger partial charge in [0.1, 0.15) is 17.6 Å². The van der Waals surface area contributed by atoms with Gasteiger partial charge in [0.25, 0.3) is 0 Å². The third kappa shape index (κ3) is 3.44. The molecule has 1 aliphatic carbocycles. The van der Waals surface area contributed by atoms with Gasteiger partial charge in [-0.2, -0.15) is 0 Å². The molecule has 2 rings (SSSR count). The predicted octanol–water partition coefficient (Wildman–Crippen LogP) is 3.05. The molecular formula is C15H24N2O2. The Balaban J connectivity index is 2.15. The zero-order chi connectivity index (χ0) is 13.8. The minimum Gasteiger partial charge on any atom is -0.487 e. The first kappa shape index (κ1) is 14.3. The molecule has 0 aliphatic heterocycles. The summed E-state index contributed by atoms with van der Waals surface area (Å²) < 4.78 is 6.04. The van der Waals surface area contributed by atoms with Crippen molar-refractivity contribution in [3.63, 3.8) is 0 Å². The van der Waals surface area contributed by atoms with Crippen LogP contribution in [0.5, 0.6) is 5.75 Å². The van der Waals surface area contributed by atoms with Crippen LogP contribution in [0.15, 0.2) is 6.20 Å². The summed E-state index contributed by atoms with van der Waals surface area (Å²) in [6.45, 7) is 6.21. The molecule has 4 nitrogen and oxygen atoms in total. The van der Waals surface area contributed by atoms with Crippen LogP contribution >= 0.6 is 0 Å². The lowest BCUT2D eigenvalue weighted by atomic mass is 9.88. The lowest BCUT2D eigenvalue weighted by molar-refractivity contribution is 0.0981. The van der Waals surface area contributed by atoms with E-state index in [0.717, 1.165) is 12.2 Å². The lowest BCUT2D eigenvalue weighted by Gasteiger charge is -2.29. The van der Waals surface area contributed by atoms with Crippen LogP contribution in [0.1, 0.15) is 63.9 Å². The molecule has 2 atom stereocenters. The molecule has 4 heteroatoms. The molecule has 1 aliphatic rings. The van der Waals surface area contributed by atoms with Crippen LogP contribution in [-0.2, 0) is 6.61 Å². The Morgan fingerprint density at radius 3 is 2.74 bits per heavy atom. The van der Waals surface area contributed by atoms with Gasteiger partial charge in [0.05, 0.1) is 12.8 Å². The van der Waals surface area contributed by atoms with Crippen LogP contribution < -0.4 is 4.74 Å². The standard InChI is InChI=1S/C15H24N2O2/c1-10(2)15-16-8-14(12(9-18)17-15)19-13-7-5-4-6-11(13)3/h8,10-11,13,18H,4-7,9H2,1-3H3. The molecule has 19 heavy (non-hydrogen) atoms. The molecule has 1 N–H and O–H groups in total. The molecule has 1 aromatic rings. The van der Waals surface area contributed by atoms with E-state index in [1.54, 1.807) is 6.20 Å². The smallest absolute Gasteiger partial charge is 0.161 e. The van der Waals surface area contributed by atoms with Gasteiger partial charge < -0.3 is 9.84 Å². The van der Waals surface area contributed by atoms with Crippen LogP contribution in [0, 0.1) is 5.92 Å². The topological polar surface area (TPSA) is 55.2 Å². The van der Waals surface area contributed by atoms with E-state index in [1.807, 2.05) is 13.8 Å². The Bertz CT molecular complexity index is 421. The molecule has 0 saturated heterocycles. The second-order valence-electron chi connectivity index (χ2n) is 5.77. The first-order valence-corrected chi connectivity index (χ1v) is 7.25. The predicted molar refractivity (Wildman–Crippen MR) is 74.1 cm³/mol. The van der Waals surface area contributed by atoms with Crippen LogP contribution in [0.25, 0.3) is 0 Å². The fraction of sp³-hybridized carbons (Fsp3) is 0.733. The van der Waals surface area contributed by atoms with Crippen molar-refractivity contribution in [2.24, 2.45) is 5.92 Å². The minimum atomic E-state index is -0.0985. The molecule has 2 unspecified atom stereocenters. The van der Waals surface area contributed by atoms with Gasteiger partial charge in [-0.3, -0.25) is 0 Å². The van der Waals surface area contributed by atoms with Gasteiger partial charge >= 0.3 is 0 Å². The average molecular weight is 264 g/mol. The highest BCUT2D eigenvalue weighted by molar-refractivity contribution is 5.25. The fourth-order valence-corrected chi connectivity index (χ4v) is 2.53. The summed E-state index contributed by atoms with van der Waals surface area (Å²) in [5.41, 5.74) is 0.608. The van der Waals surface area contributed by atoms with Gasteiger partial charge in [0.15, 0.2) is 5.75 Å². The summed E-state index contributed by atoms with van der Waals surface area (Å²) in [4.78, 5) is 8.73. The normalized spacial score (nSPS) is 23.6. The van der Waals surface area contributed by atoms with Crippen LogP contribution in [0.2, 0.25) is 0 Å². The van der Waals surface area contributed by atoms with Gasteiger partial charge in [-0.05, 0) is 25.2 Å². The average Bonchev–Trinajstić information content (AvgIpc) is 2.41. The third-order valence-electron chi connectivity index (χ3n) is 3.83. The van der Waals surface area contributed by atoms with Crippen molar-refractivity contribution in [3.8, 4) is 5.75 Å². The monoisotopic (exact) mass is 264 g/mol. The molecule has 0 radical (unpaired) electrons. The Kier molecular flexibility index (Phi) is 4.75. The van der Waals surface area contributed by atoms with E-state index in [2.05, 4.69) is 16.9 Å². The molecule has 106 valence electrons. The van der Waals surface area contributed by atoms with Crippen molar-refractivity contribution in [2.75, 3.05) is 0 Å². The molecule has 1 saturated carbocycles. The van der Waals surface area contributed by atoms with Crippen molar-refractivity contribution >= 4 is 0 Å². The summed E-state index contributed by atoms with van der Waals surface area (Å²) in [5.74, 6) is 2.22. The number of nitrogens with zero attached hydrogens (tertiary/aromatic N) is 2. The molecule has 0 amide bonds. The highest BCUT2D eigenvalue weighted by atomic mass is 16.5. The van der Waals surface area contributed by atoms with Crippen LogP contribution in [0.3, 0.4) is 0 Å². The molecule has 0 spiro atoms. The summed E-state index contributed by atoms with van der Waals surface area (Å²) in [6, 6.07) is 0. The molecule has 1 aromatic heterocycles. The Hall–Kier alpha value is -1.16. The maximum atomic E-state index is 9.45. The van der Waals surface area contributed by atoms with Crippen molar-refractivity contribution in [1.82, 2.24) is 9.97 Å². The Labute approximate surface area is 115 Å². The Morgan fingerprint density at radius 2 is 2.11 bits per heavy atom. The van der Waals surface area contributed by atoms with Gasteiger partial charge in [-0.15, -0.1) is 0 Å². The highest BCUT2D eigenvalue weighted by Crippen LogP contribution is 2.29. The van der Waals surface area contributed by atoms with E-state index >= 15 is 0 Å². The Morgan fingerprint density at radius 1 is 1.37 bits per heavy atom. The van der Waals surface area contributed by atoms with Crippen molar-refractivity contribution in [1.29, 1.82) is 0 Å².